The molecule has 0 unspecified atom stereocenters. The average Bonchev–Trinajstić information content (AvgIpc) is 3.20. The van der Waals surface area contributed by atoms with Gasteiger partial charge in [-0.3, -0.25) is 9.36 Å². The van der Waals surface area contributed by atoms with Gasteiger partial charge in [-0.05, 0) is 56.2 Å². The van der Waals surface area contributed by atoms with Crippen LogP contribution >= 0.6 is 23.1 Å². The summed E-state index contributed by atoms with van der Waals surface area (Å²) in [5.74, 6) is 1.80. The first kappa shape index (κ1) is 21.3. The monoisotopic (exact) mass is 472 g/mol. The lowest BCUT2D eigenvalue weighted by molar-refractivity contribution is -0.113. The van der Waals surface area contributed by atoms with Gasteiger partial charge >= 0.3 is 5.97 Å². The molecule has 0 radical (unpaired) electrons. The van der Waals surface area contributed by atoms with Crippen LogP contribution in [0.2, 0.25) is 0 Å². The number of nitrogens with zero attached hydrogens (tertiary/aromatic N) is 3. The van der Waals surface area contributed by atoms with Crippen LogP contribution < -0.4 is 5.32 Å². The second kappa shape index (κ2) is 9.11. The van der Waals surface area contributed by atoms with Gasteiger partial charge in [-0.15, -0.1) is 21.5 Å². The summed E-state index contributed by atoms with van der Waals surface area (Å²) >= 11 is 2.83. The molecular weight excluding hydrogens is 448 g/mol. The first-order valence-electron chi connectivity index (χ1n) is 10.7. The number of furan rings is 1. The van der Waals surface area contributed by atoms with Crippen LogP contribution in [0, 0.1) is 0 Å². The Bertz CT molecular complexity index is 1130. The van der Waals surface area contributed by atoms with Crippen LogP contribution in [-0.4, -0.2) is 39.5 Å². The van der Waals surface area contributed by atoms with Gasteiger partial charge in [-0.2, -0.15) is 0 Å². The number of anilines is 1. The van der Waals surface area contributed by atoms with Gasteiger partial charge in [0.05, 0.1) is 31.2 Å². The van der Waals surface area contributed by atoms with Gasteiger partial charge in [0.25, 0.3) is 0 Å². The number of nitrogens with one attached hydrogen (secondary N) is 1. The van der Waals surface area contributed by atoms with E-state index in [2.05, 4.69) is 15.5 Å². The van der Waals surface area contributed by atoms with E-state index < -0.39 is 0 Å². The summed E-state index contributed by atoms with van der Waals surface area (Å²) < 4.78 is 12.5. The van der Waals surface area contributed by atoms with Crippen LogP contribution in [0.15, 0.2) is 28.0 Å². The van der Waals surface area contributed by atoms with Gasteiger partial charge in [-0.25, -0.2) is 4.79 Å². The summed E-state index contributed by atoms with van der Waals surface area (Å²) in [4.78, 5) is 26.4. The van der Waals surface area contributed by atoms with Crippen molar-refractivity contribution in [3.05, 3.63) is 46.0 Å². The van der Waals surface area contributed by atoms with Gasteiger partial charge in [0.1, 0.15) is 16.6 Å². The van der Waals surface area contributed by atoms with Crippen molar-refractivity contribution in [3.8, 4) is 0 Å². The zero-order valence-electron chi connectivity index (χ0n) is 17.8. The topological polar surface area (TPSA) is 99.2 Å². The largest absolute Gasteiger partial charge is 0.467 e. The smallest absolute Gasteiger partial charge is 0.341 e. The molecule has 2 aliphatic rings. The van der Waals surface area contributed by atoms with Crippen molar-refractivity contribution in [2.24, 2.45) is 0 Å². The summed E-state index contributed by atoms with van der Waals surface area (Å²) in [5.41, 5.74) is 1.55. The molecule has 8 nitrogen and oxygen atoms in total. The fraction of sp³-hybridized carbons (Fsp3) is 0.455. The van der Waals surface area contributed by atoms with E-state index in [1.807, 2.05) is 16.7 Å². The van der Waals surface area contributed by atoms with Gasteiger partial charge in [-0.1, -0.05) is 11.8 Å². The minimum atomic E-state index is -0.389. The third-order valence-corrected chi connectivity index (χ3v) is 7.90. The molecule has 2 aliphatic carbocycles. The van der Waals surface area contributed by atoms with Crippen molar-refractivity contribution in [2.75, 3.05) is 18.2 Å². The Balaban J connectivity index is 1.30. The second-order valence-electron chi connectivity index (χ2n) is 8.02. The number of hydrogen-bond acceptors (Lipinski definition) is 8. The Morgan fingerprint density at radius 2 is 2.16 bits per heavy atom. The van der Waals surface area contributed by atoms with E-state index in [1.165, 1.54) is 35.1 Å². The molecule has 3 aromatic heterocycles. The molecule has 0 aromatic carbocycles. The van der Waals surface area contributed by atoms with E-state index in [9.17, 15) is 9.59 Å². The minimum Gasteiger partial charge on any atom is -0.467 e. The van der Waals surface area contributed by atoms with Gasteiger partial charge < -0.3 is 14.5 Å². The summed E-state index contributed by atoms with van der Waals surface area (Å²) in [6, 6.07) is 3.78. The summed E-state index contributed by atoms with van der Waals surface area (Å²) in [6.45, 7) is 0.542. The zero-order chi connectivity index (χ0) is 22.1. The first-order valence-corrected chi connectivity index (χ1v) is 12.5. The van der Waals surface area contributed by atoms with Gasteiger partial charge in [0.15, 0.2) is 5.16 Å². The number of carbonyl (C=O) groups is 2. The van der Waals surface area contributed by atoms with Crippen LogP contribution in [0.4, 0.5) is 5.00 Å². The van der Waals surface area contributed by atoms with E-state index in [4.69, 9.17) is 9.15 Å². The molecular formula is C22H24N4O4S2. The molecule has 1 amide bonds. The van der Waals surface area contributed by atoms with E-state index in [0.717, 1.165) is 55.7 Å². The number of carbonyl (C=O) groups excluding carboxylic acids is 2. The van der Waals surface area contributed by atoms with Crippen LogP contribution in [0.3, 0.4) is 0 Å². The van der Waals surface area contributed by atoms with Crippen LogP contribution in [0.5, 0.6) is 0 Å². The number of hydrogen-bond donors (Lipinski definition) is 1. The number of methoxy groups -OCH3 is 1. The van der Waals surface area contributed by atoms with Crippen LogP contribution in [0.1, 0.15) is 64.0 Å². The molecule has 1 fully saturated rings. The van der Waals surface area contributed by atoms with Gasteiger partial charge in [0, 0.05) is 10.8 Å². The highest BCUT2D eigenvalue weighted by molar-refractivity contribution is 7.99. The maximum Gasteiger partial charge on any atom is 0.341 e. The van der Waals surface area contributed by atoms with Crippen molar-refractivity contribution in [2.45, 2.75) is 56.1 Å². The number of aryl methyl sites for hydroxylation is 1. The number of thioether (sulfide) groups is 1. The lowest BCUT2D eigenvalue weighted by atomic mass is 9.95. The number of esters is 1. The molecule has 1 saturated carbocycles. The lowest BCUT2D eigenvalue weighted by Crippen LogP contribution is -2.17. The molecule has 168 valence electrons. The molecule has 3 heterocycles. The number of ether oxygens (including phenoxy) is 1. The van der Waals surface area contributed by atoms with E-state index in [1.54, 1.807) is 6.26 Å². The fourth-order valence-electron chi connectivity index (χ4n) is 4.02. The third kappa shape index (κ3) is 4.33. The molecule has 0 saturated heterocycles. The minimum absolute atomic E-state index is 0.171. The number of amides is 1. The highest BCUT2D eigenvalue weighted by Crippen LogP contribution is 2.41. The fourth-order valence-corrected chi connectivity index (χ4v) is 6.06. The molecule has 1 N–H and O–H groups in total. The highest BCUT2D eigenvalue weighted by atomic mass is 32.2. The average molecular weight is 473 g/mol. The van der Waals surface area contributed by atoms with Crippen molar-refractivity contribution in [1.82, 2.24) is 14.8 Å². The maximum absolute atomic E-state index is 12.8. The molecule has 0 aliphatic heterocycles. The Morgan fingerprint density at radius 3 is 2.91 bits per heavy atom. The van der Waals surface area contributed by atoms with Crippen molar-refractivity contribution in [1.29, 1.82) is 0 Å². The number of thiophene rings is 1. The lowest BCUT2D eigenvalue weighted by Gasteiger charge is -2.11. The first-order chi connectivity index (χ1) is 15.6. The standard InChI is InChI=1S/C22H24N4O4S2/c1-29-21(28)18-15-6-2-3-7-16(15)32-20(18)23-17(27)12-31-22-25-24-19(13-8-9-13)26(22)11-14-5-4-10-30-14/h4-5,10,13H,2-3,6-9,11-12H2,1H3,(H,23,27). The van der Waals surface area contributed by atoms with Crippen molar-refractivity contribution in [3.63, 3.8) is 0 Å². The van der Waals surface area contributed by atoms with Crippen LogP contribution in [0.25, 0.3) is 0 Å². The van der Waals surface area contributed by atoms with Crippen molar-refractivity contribution < 1.29 is 18.7 Å². The SMILES string of the molecule is COC(=O)c1c(NC(=O)CSc2nnc(C3CC3)n2Cc2ccco2)sc2c1CCCC2. The Hall–Kier alpha value is -2.59. The quantitative estimate of drug-likeness (QED) is 0.386. The zero-order valence-corrected chi connectivity index (χ0v) is 19.4. The van der Waals surface area contributed by atoms with Gasteiger partial charge in [0.2, 0.25) is 5.91 Å². The third-order valence-electron chi connectivity index (χ3n) is 5.73. The molecule has 0 spiro atoms. The van der Waals surface area contributed by atoms with E-state index in [-0.39, 0.29) is 17.6 Å². The molecule has 32 heavy (non-hydrogen) atoms. The Kier molecular flexibility index (Phi) is 6.05. The van der Waals surface area contributed by atoms with Crippen molar-refractivity contribution >= 4 is 40.0 Å². The molecule has 0 atom stereocenters. The number of fused-ring (bicyclic) bond motifs is 1. The highest BCUT2D eigenvalue weighted by Gasteiger charge is 2.31. The molecule has 5 rings (SSSR count). The van der Waals surface area contributed by atoms with E-state index in [0.29, 0.717) is 28.2 Å². The number of rotatable bonds is 8. The Labute approximate surface area is 193 Å². The normalized spacial score (nSPS) is 15.4. The molecule has 10 heteroatoms. The predicted molar refractivity (Wildman–Crippen MR) is 121 cm³/mol. The van der Waals surface area contributed by atoms with E-state index >= 15 is 0 Å². The second-order valence-corrected chi connectivity index (χ2v) is 10.1. The molecule has 3 aromatic rings. The Morgan fingerprint density at radius 1 is 1.31 bits per heavy atom. The molecule has 0 bridgehead atoms. The summed E-state index contributed by atoms with van der Waals surface area (Å²) in [6.07, 6.45) is 7.81. The number of aromatic nitrogens is 3. The predicted octanol–water partition coefficient (Wildman–Crippen LogP) is 4.25. The summed E-state index contributed by atoms with van der Waals surface area (Å²) in [5, 5.41) is 12.9. The maximum atomic E-state index is 12.8. The summed E-state index contributed by atoms with van der Waals surface area (Å²) in [7, 11) is 1.37. The van der Waals surface area contributed by atoms with Crippen LogP contribution in [-0.2, 0) is 28.9 Å².